The summed E-state index contributed by atoms with van der Waals surface area (Å²) < 4.78 is 0. The lowest BCUT2D eigenvalue weighted by Gasteiger charge is -2.30. The van der Waals surface area contributed by atoms with Crippen molar-refractivity contribution < 1.29 is 19.9 Å². The van der Waals surface area contributed by atoms with Gasteiger partial charge in [0.2, 0.25) is 0 Å². The monoisotopic (exact) mass is 545 g/mol. The molecule has 1 N–H and O–H groups in total. The van der Waals surface area contributed by atoms with Gasteiger partial charge in [-0.15, -0.1) is 0 Å². The summed E-state index contributed by atoms with van der Waals surface area (Å²) in [7, 11) is 5.00. The van der Waals surface area contributed by atoms with E-state index in [-0.39, 0.29) is 34.3 Å². The van der Waals surface area contributed by atoms with Gasteiger partial charge in [-0.1, -0.05) is 0 Å². The molecule has 4 aromatic rings. The van der Waals surface area contributed by atoms with E-state index in [1.54, 1.807) is 48.0 Å². The van der Waals surface area contributed by atoms with Crippen LogP contribution in [0.3, 0.4) is 0 Å². The molecule has 0 fully saturated rings. The molecule has 14 heteroatoms. The second kappa shape index (κ2) is 10.9. The van der Waals surface area contributed by atoms with Gasteiger partial charge in [-0.2, -0.15) is 0 Å². The predicted octanol–water partition coefficient (Wildman–Crippen LogP) is 5.82. The molecule has 0 atom stereocenters. The number of nitro benzene ring substituents is 3. The third-order valence-corrected chi connectivity index (χ3v) is 6.35. The van der Waals surface area contributed by atoms with Crippen molar-refractivity contribution in [1.29, 1.82) is 0 Å². The molecule has 0 saturated carbocycles. The number of non-ortho nitro benzene ring substituents is 3. The summed E-state index contributed by atoms with van der Waals surface area (Å²) >= 11 is 0. The molecule has 0 amide bonds. The Hall–Kier alpha value is -5.79. The SMILES string of the molecule is CN(c1ccc([N+](=O)[O-])cc1)c1cnc(N(C)c2ccc([N+](=O)[O-])cc2)c(O)c1N(C)c1ccc([N+](=O)[O-])cc1. The fraction of sp³-hybridized carbons (Fsp3) is 0.115. The largest absolute Gasteiger partial charge is 0.503 e. The Balaban J connectivity index is 1.83. The maximum atomic E-state index is 11.6. The molecule has 4 rings (SSSR count). The van der Waals surface area contributed by atoms with Gasteiger partial charge < -0.3 is 19.8 Å². The molecule has 0 aliphatic carbocycles. The van der Waals surface area contributed by atoms with Crippen LogP contribution in [0.5, 0.6) is 5.75 Å². The van der Waals surface area contributed by atoms with E-state index in [9.17, 15) is 35.4 Å². The van der Waals surface area contributed by atoms with Crippen LogP contribution in [-0.4, -0.2) is 46.0 Å². The normalized spacial score (nSPS) is 10.6. The van der Waals surface area contributed by atoms with Crippen LogP contribution >= 0.6 is 0 Å². The highest BCUT2D eigenvalue weighted by Crippen LogP contribution is 2.47. The number of hydrogen-bond donors (Lipinski definition) is 1. The summed E-state index contributed by atoms with van der Waals surface area (Å²) in [4.78, 5) is 41.1. The molecule has 1 heterocycles. The molecule has 3 aromatic carbocycles. The first-order chi connectivity index (χ1) is 19.0. The van der Waals surface area contributed by atoms with E-state index in [1.165, 1.54) is 66.9 Å². The van der Waals surface area contributed by atoms with Crippen molar-refractivity contribution in [2.75, 3.05) is 35.8 Å². The Labute approximate surface area is 227 Å². The molecule has 0 aliphatic heterocycles. The quantitative estimate of drug-likeness (QED) is 0.198. The Morgan fingerprint density at radius 3 is 1.32 bits per heavy atom. The highest BCUT2D eigenvalue weighted by atomic mass is 16.6. The second-order valence-electron chi connectivity index (χ2n) is 8.66. The van der Waals surface area contributed by atoms with Crippen LogP contribution in [-0.2, 0) is 0 Å². The van der Waals surface area contributed by atoms with Crippen molar-refractivity contribution >= 4 is 51.3 Å². The number of nitro groups is 3. The molecule has 204 valence electrons. The fourth-order valence-electron chi connectivity index (χ4n) is 4.08. The van der Waals surface area contributed by atoms with E-state index in [4.69, 9.17) is 0 Å². The van der Waals surface area contributed by atoms with E-state index in [0.29, 0.717) is 22.7 Å². The first-order valence-corrected chi connectivity index (χ1v) is 11.7. The zero-order chi connectivity index (χ0) is 29.1. The first-order valence-electron chi connectivity index (χ1n) is 11.7. The van der Waals surface area contributed by atoms with Gasteiger partial charge in [-0.25, -0.2) is 4.98 Å². The topological polar surface area (TPSA) is 172 Å². The van der Waals surface area contributed by atoms with Crippen LogP contribution in [0.15, 0.2) is 79.0 Å². The number of hydrogen-bond acceptors (Lipinski definition) is 11. The van der Waals surface area contributed by atoms with Crippen LogP contribution < -0.4 is 14.7 Å². The van der Waals surface area contributed by atoms with Crippen molar-refractivity contribution in [2.45, 2.75) is 0 Å². The molecule has 14 nitrogen and oxygen atoms in total. The van der Waals surface area contributed by atoms with Crippen LogP contribution in [0, 0.1) is 30.3 Å². The van der Waals surface area contributed by atoms with E-state index in [0.717, 1.165) is 0 Å². The maximum absolute atomic E-state index is 11.6. The minimum absolute atomic E-state index is 0.0820. The Morgan fingerprint density at radius 1 is 0.600 bits per heavy atom. The molecule has 0 saturated heterocycles. The molecule has 1 aromatic heterocycles. The summed E-state index contributed by atoms with van der Waals surface area (Å²) in [6, 6.07) is 17.3. The smallest absolute Gasteiger partial charge is 0.269 e. The third kappa shape index (κ3) is 5.26. The Kier molecular flexibility index (Phi) is 7.43. The summed E-state index contributed by atoms with van der Waals surface area (Å²) in [5.74, 6) is -0.105. The zero-order valence-corrected chi connectivity index (χ0v) is 21.5. The summed E-state index contributed by atoms with van der Waals surface area (Å²) in [5, 5.41) is 44.8. The fourth-order valence-corrected chi connectivity index (χ4v) is 4.08. The van der Waals surface area contributed by atoms with Gasteiger partial charge in [0.25, 0.3) is 17.1 Å². The highest BCUT2D eigenvalue weighted by Gasteiger charge is 2.25. The molecule has 0 aliphatic rings. The molecule has 0 unspecified atom stereocenters. The van der Waals surface area contributed by atoms with Gasteiger partial charge in [0.1, 0.15) is 5.69 Å². The average Bonchev–Trinajstić information content (AvgIpc) is 2.96. The molecule has 0 spiro atoms. The zero-order valence-electron chi connectivity index (χ0n) is 21.5. The number of benzene rings is 3. The predicted molar refractivity (Wildman–Crippen MR) is 149 cm³/mol. The van der Waals surface area contributed by atoms with E-state index in [1.807, 2.05) is 0 Å². The van der Waals surface area contributed by atoms with Crippen molar-refractivity contribution in [2.24, 2.45) is 0 Å². The van der Waals surface area contributed by atoms with Gasteiger partial charge >= 0.3 is 0 Å². The average molecular weight is 546 g/mol. The summed E-state index contributed by atoms with van der Waals surface area (Å²) in [5.41, 5.74) is 2.05. The minimum Gasteiger partial charge on any atom is -0.503 e. The second-order valence-corrected chi connectivity index (χ2v) is 8.66. The van der Waals surface area contributed by atoms with Crippen molar-refractivity contribution in [3.8, 4) is 5.75 Å². The number of anilines is 6. The minimum atomic E-state index is -0.515. The van der Waals surface area contributed by atoms with Crippen LogP contribution in [0.1, 0.15) is 0 Å². The van der Waals surface area contributed by atoms with E-state index < -0.39 is 14.8 Å². The number of rotatable bonds is 9. The summed E-state index contributed by atoms with van der Waals surface area (Å²) in [6.07, 6.45) is 1.51. The van der Waals surface area contributed by atoms with Gasteiger partial charge in [0, 0.05) is 74.6 Å². The van der Waals surface area contributed by atoms with Crippen molar-refractivity contribution in [3.63, 3.8) is 0 Å². The van der Waals surface area contributed by atoms with Gasteiger partial charge in [-0.3, -0.25) is 30.3 Å². The molecular formula is C26H23N7O7. The lowest BCUT2D eigenvalue weighted by molar-refractivity contribution is -0.385. The van der Waals surface area contributed by atoms with E-state index in [2.05, 4.69) is 4.98 Å². The number of aromatic hydroxyl groups is 1. The number of aromatic nitrogens is 1. The first kappa shape index (κ1) is 27.3. The van der Waals surface area contributed by atoms with Gasteiger partial charge in [0.15, 0.2) is 11.6 Å². The standard InChI is InChI=1S/C26H23N7O7/c1-28(17-4-10-20(11-5-17)31(35)36)23-16-27-26(30(3)19-8-14-22(15-9-19)33(39)40)25(34)24(23)29(2)18-6-12-21(13-7-18)32(37)38/h4-16,34H,1-3H3. The maximum Gasteiger partial charge on any atom is 0.269 e. The molecule has 40 heavy (non-hydrogen) atoms. The lowest BCUT2D eigenvalue weighted by atomic mass is 10.2. The van der Waals surface area contributed by atoms with Crippen molar-refractivity contribution in [3.05, 3.63) is 109 Å². The van der Waals surface area contributed by atoms with Crippen molar-refractivity contribution in [1.82, 2.24) is 4.98 Å². The van der Waals surface area contributed by atoms with Crippen LogP contribution in [0.4, 0.5) is 51.3 Å². The highest BCUT2D eigenvalue weighted by molar-refractivity contribution is 5.89. The molecule has 0 radical (unpaired) electrons. The van der Waals surface area contributed by atoms with Gasteiger partial charge in [-0.05, 0) is 36.4 Å². The molecular weight excluding hydrogens is 522 g/mol. The lowest BCUT2D eigenvalue weighted by Crippen LogP contribution is -2.19. The van der Waals surface area contributed by atoms with Crippen LogP contribution in [0.2, 0.25) is 0 Å². The van der Waals surface area contributed by atoms with E-state index >= 15 is 0 Å². The number of nitrogens with zero attached hydrogens (tertiary/aromatic N) is 7. The number of pyridine rings is 1. The Morgan fingerprint density at radius 2 is 0.950 bits per heavy atom. The third-order valence-electron chi connectivity index (χ3n) is 6.35. The Bertz CT molecular complexity index is 1580. The van der Waals surface area contributed by atoms with Crippen LogP contribution in [0.25, 0.3) is 0 Å². The van der Waals surface area contributed by atoms with Gasteiger partial charge in [0.05, 0.1) is 26.7 Å². The molecule has 0 bridgehead atoms. The summed E-state index contributed by atoms with van der Waals surface area (Å²) in [6.45, 7) is 0.